The van der Waals surface area contributed by atoms with Gasteiger partial charge in [0.1, 0.15) is 5.82 Å². The summed E-state index contributed by atoms with van der Waals surface area (Å²) in [5, 5.41) is 3.47. The highest BCUT2D eigenvalue weighted by molar-refractivity contribution is 5.73. The Morgan fingerprint density at radius 1 is 1.18 bits per heavy atom. The van der Waals surface area contributed by atoms with Crippen molar-refractivity contribution in [2.75, 3.05) is 36.4 Å². The minimum Gasteiger partial charge on any atom is -0.353 e. The van der Waals surface area contributed by atoms with E-state index in [1.165, 1.54) is 25.7 Å². The van der Waals surface area contributed by atoms with Crippen molar-refractivity contribution in [1.29, 1.82) is 0 Å². The van der Waals surface area contributed by atoms with Gasteiger partial charge >= 0.3 is 0 Å². The molecule has 2 heterocycles. The van der Waals surface area contributed by atoms with Crippen molar-refractivity contribution < 1.29 is 4.79 Å². The van der Waals surface area contributed by atoms with Gasteiger partial charge in [0.25, 0.3) is 0 Å². The molecule has 1 aliphatic carbocycles. The standard InChI is InChI=1S/C16H25N5O/c1-12-11-15(21-9-7-20(8-10-21)13(2)22)19-16(17-12)18-14-5-3-4-6-14/h11,14H,3-10H2,1-2H3,(H,17,18,19). The van der Waals surface area contributed by atoms with Gasteiger partial charge in [0.2, 0.25) is 11.9 Å². The van der Waals surface area contributed by atoms with E-state index in [0.29, 0.717) is 6.04 Å². The smallest absolute Gasteiger partial charge is 0.225 e. The van der Waals surface area contributed by atoms with Gasteiger partial charge in [0, 0.05) is 50.9 Å². The zero-order valence-electron chi connectivity index (χ0n) is 13.5. The van der Waals surface area contributed by atoms with E-state index in [1.807, 2.05) is 17.9 Å². The Hall–Kier alpha value is -1.85. The Bertz CT molecular complexity index is 533. The number of aromatic nitrogens is 2. The number of rotatable bonds is 3. The predicted octanol–water partition coefficient (Wildman–Crippen LogP) is 1.81. The molecule has 1 aromatic rings. The average Bonchev–Trinajstić information content (AvgIpc) is 2.99. The second kappa shape index (κ2) is 6.50. The van der Waals surface area contributed by atoms with Crippen LogP contribution in [0.25, 0.3) is 0 Å². The first kappa shape index (κ1) is 15.1. The fraction of sp³-hybridized carbons (Fsp3) is 0.688. The molecule has 0 atom stereocenters. The number of hydrogen-bond donors (Lipinski definition) is 1. The molecule has 6 heteroatoms. The van der Waals surface area contributed by atoms with Crippen LogP contribution in [0.2, 0.25) is 0 Å². The Labute approximate surface area is 131 Å². The maximum Gasteiger partial charge on any atom is 0.225 e. The molecule has 2 aliphatic rings. The average molecular weight is 303 g/mol. The SMILES string of the molecule is CC(=O)N1CCN(c2cc(C)nc(NC3CCCC3)n2)CC1. The first-order chi connectivity index (χ1) is 10.6. The minimum atomic E-state index is 0.155. The summed E-state index contributed by atoms with van der Waals surface area (Å²) >= 11 is 0. The van der Waals surface area contributed by atoms with Crippen molar-refractivity contribution in [2.45, 2.75) is 45.6 Å². The second-order valence-electron chi connectivity index (χ2n) is 6.31. The lowest BCUT2D eigenvalue weighted by molar-refractivity contribution is -0.129. The monoisotopic (exact) mass is 303 g/mol. The van der Waals surface area contributed by atoms with Crippen molar-refractivity contribution in [2.24, 2.45) is 0 Å². The summed E-state index contributed by atoms with van der Waals surface area (Å²) in [6.07, 6.45) is 5.01. The van der Waals surface area contributed by atoms with Crippen molar-refractivity contribution in [3.8, 4) is 0 Å². The molecule has 1 saturated carbocycles. The third-order valence-electron chi connectivity index (χ3n) is 4.58. The van der Waals surface area contributed by atoms with Crippen LogP contribution >= 0.6 is 0 Å². The number of nitrogens with one attached hydrogen (secondary N) is 1. The maximum atomic E-state index is 11.4. The highest BCUT2D eigenvalue weighted by Crippen LogP contribution is 2.22. The Kier molecular flexibility index (Phi) is 4.45. The van der Waals surface area contributed by atoms with Gasteiger partial charge in [-0.15, -0.1) is 0 Å². The van der Waals surface area contributed by atoms with Crippen molar-refractivity contribution in [3.05, 3.63) is 11.8 Å². The van der Waals surface area contributed by atoms with Crippen LogP contribution < -0.4 is 10.2 Å². The summed E-state index contributed by atoms with van der Waals surface area (Å²) < 4.78 is 0. The number of nitrogens with zero attached hydrogens (tertiary/aromatic N) is 4. The minimum absolute atomic E-state index is 0.155. The molecule has 1 aliphatic heterocycles. The summed E-state index contributed by atoms with van der Waals surface area (Å²) in [6.45, 7) is 6.84. The van der Waals surface area contributed by atoms with Crippen LogP contribution in [-0.4, -0.2) is 53.0 Å². The van der Waals surface area contributed by atoms with E-state index in [9.17, 15) is 4.79 Å². The maximum absolute atomic E-state index is 11.4. The molecular weight excluding hydrogens is 278 g/mol. The van der Waals surface area contributed by atoms with Gasteiger partial charge in [-0.2, -0.15) is 4.98 Å². The molecule has 1 aromatic heterocycles. The van der Waals surface area contributed by atoms with Gasteiger partial charge in [0.15, 0.2) is 0 Å². The number of hydrogen-bond acceptors (Lipinski definition) is 5. The number of piperazine rings is 1. The van der Waals surface area contributed by atoms with Crippen LogP contribution in [-0.2, 0) is 4.79 Å². The molecule has 0 aromatic carbocycles. The molecule has 0 radical (unpaired) electrons. The lowest BCUT2D eigenvalue weighted by atomic mass is 10.2. The zero-order chi connectivity index (χ0) is 15.5. The van der Waals surface area contributed by atoms with Gasteiger partial charge in [-0.1, -0.05) is 12.8 Å². The molecule has 0 unspecified atom stereocenters. The van der Waals surface area contributed by atoms with E-state index in [1.54, 1.807) is 6.92 Å². The van der Waals surface area contributed by atoms with Crippen LogP contribution in [0, 0.1) is 6.92 Å². The summed E-state index contributed by atoms with van der Waals surface area (Å²) in [7, 11) is 0. The number of carbonyl (C=O) groups is 1. The lowest BCUT2D eigenvalue weighted by Crippen LogP contribution is -2.48. The molecular formula is C16H25N5O. The van der Waals surface area contributed by atoms with E-state index < -0.39 is 0 Å². The van der Waals surface area contributed by atoms with Crippen LogP contribution in [0.5, 0.6) is 0 Å². The highest BCUT2D eigenvalue weighted by Gasteiger charge is 2.21. The van der Waals surface area contributed by atoms with Gasteiger partial charge in [-0.05, 0) is 19.8 Å². The van der Waals surface area contributed by atoms with Crippen LogP contribution in [0.15, 0.2) is 6.07 Å². The van der Waals surface area contributed by atoms with E-state index in [-0.39, 0.29) is 5.91 Å². The first-order valence-electron chi connectivity index (χ1n) is 8.24. The van der Waals surface area contributed by atoms with Gasteiger partial charge < -0.3 is 15.1 Å². The van der Waals surface area contributed by atoms with E-state index in [0.717, 1.165) is 43.6 Å². The molecule has 6 nitrogen and oxygen atoms in total. The molecule has 3 rings (SSSR count). The van der Waals surface area contributed by atoms with Gasteiger partial charge in [-0.25, -0.2) is 4.98 Å². The van der Waals surface area contributed by atoms with Gasteiger partial charge in [0.05, 0.1) is 0 Å². The summed E-state index contributed by atoms with van der Waals surface area (Å²) in [4.78, 5) is 24.8. The number of amides is 1. The number of anilines is 2. The van der Waals surface area contributed by atoms with Crippen molar-refractivity contribution in [3.63, 3.8) is 0 Å². The summed E-state index contributed by atoms with van der Waals surface area (Å²) in [5.41, 5.74) is 0.986. The number of aryl methyl sites for hydroxylation is 1. The van der Waals surface area contributed by atoms with Gasteiger partial charge in [-0.3, -0.25) is 4.79 Å². The first-order valence-corrected chi connectivity index (χ1v) is 8.24. The number of carbonyl (C=O) groups excluding carboxylic acids is 1. The van der Waals surface area contributed by atoms with E-state index >= 15 is 0 Å². The van der Waals surface area contributed by atoms with E-state index in [4.69, 9.17) is 4.98 Å². The van der Waals surface area contributed by atoms with Crippen molar-refractivity contribution >= 4 is 17.7 Å². The second-order valence-corrected chi connectivity index (χ2v) is 6.31. The highest BCUT2D eigenvalue weighted by atomic mass is 16.2. The van der Waals surface area contributed by atoms with Crippen LogP contribution in [0.4, 0.5) is 11.8 Å². The Balaban J connectivity index is 1.68. The molecule has 1 saturated heterocycles. The molecule has 22 heavy (non-hydrogen) atoms. The Morgan fingerprint density at radius 2 is 1.86 bits per heavy atom. The quantitative estimate of drug-likeness (QED) is 0.923. The lowest BCUT2D eigenvalue weighted by Gasteiger charge is -2.35. The molecule has 1 amide bonds. The third-order valence-corrected chi connectivity index (χ3v) is 4.58. The molecule has 1 N–H and O–H groups in total. The van der Waals surface area contributed by atoms with Crippen molar-refractivity contribution in [1.82, 2.24) is 14.9 Å². The molecule has 120 valence electrons. The normalized spacial score (nSPS) is 19.5. The van der Waals surface area contributed by atoms with E-state index in [2.05, 4.69) is 15.2 Å². The third kappa shape index (κ3) is 3.48. The molecule has 0 spiro atoms. The predicted molar refractivity (Wildman–Crippen MR) is 87.1 cm³/mol. The Morgan fingerprint density at radius 3 is 2.50 bits per heavy atom. The van der Waals surface area contributed by atoms with Crippen LogP contribution in [0.1, 0.15) is 38.3 Å². The topological polar surface area (TPSA) is 61.4 Å². The zero-order valence-corrected chi connectivity index (χ0v) is 13.5. The molecule has 2 fully saturated rings. The largest absolute Gasteiger partial charge is 0.353 e. The summed E-state index contributed by atoms with van der Waals surface area (Å²) in [5.74, 6) is 1.87. The fourth-order valence-corrected chi connectivity index (χ4v) is 3.28. The van der Waals surface area contributed by atoms with Crippen LogP contribution in [0.3, 0.4) is 0 Å². The fourth-order valence-electron chi connectivity index (χ4n) is 3.28. The molecule has 0 bridgehead atoms. The summed E-state index contributed by atoms with van der Waals surface area (Å²) in [6, 6.07) is 2.55.